The number of benzene rings is 1. The van der Waals surface area contributed by atoms with Crippen LogP contribution in [0.25, 0.3) is 0 Å². The van der Waals surface area contributed by atoms with E-state index in [1.54, 1.807) is 24.0 Å². The molecule has 4 unspecified atom stereocenters. The standard InChI is InChI=1S/C17H20F3N5O4/c1-8-11(6-21-8)22-10-3-4-13-12(5-10)24-9(2)15(26)23-25(14(24)7-28-13)29-16(27)17(18,19)20/h3-5,8-9,11,14,21-22H,6-7H2,1-2H3,(H,23,26). The number of nitrogens with zero attached hydrogens (tertiary/aromatic N) is 2. The molecule has 3 aliphatic heterocycles. The van der Waals surface area contributed by atoms with Gasteiger partial charge in [-0.2, -0.15) is 13.2 Å². The first-order chi connectivity index (χ1) is 13.6. The normalized spacial score (nSPS) is 29.0. The zero-order valence-corrected chi connectivity index (χ0v) is 15.6. The van der Waals surface area contributed by atoms with Crippen molar-refractivity contribution < 1.29 is 32.3 Å². The van der Waals surface area contributed by atoms with Crippen LogP contribution in [-0.2, 0) is 14.4 Å². The van der Waals surface area contributed by atoms with Crippen molar-refractivity contribution >= 4 is 23.3 Å². The van der Waals surface area contributed by atoms with Crippen LogP contribution >= 0.6 is 0 Å². The summed E-state index contributed by atoms with van der Waals surface area (Å²) < 4.78 is 43.5. The molecule has 29 heavy (non-hydrogen) atoms. The van der Waals surface area contributed by atoms with Gasteiger partial charge >= 0.3 is 12.1 Å². The zero-order valence-electron chi connectivity index (χ0n) is 15.6. The fourth-order valence-corrected chi connectivity index (χ4v) is 3.47. The number of anilines is 2. The highest BCUT2D eigenvalue weighted by Gasteiger charge is 2.49. The minimum absolute atomic E-state index is 0.112. The van der Waals surface area contributed by atoms with Crippen molar-refractivity contribution in [3.8, 4) is 5.75 Å². The Morgan fingerprint density at radius 1 is 1.34 bits per heavy atom. The van der Waals surface area contributed by atoms with Crippen molar-refractivity contribution in [3.63, 3.8) is 0 Å². The molecule has 9 nitrogen and oxygen atoms in total. The predicted molar refractivity (Wildman–Crippen MR) is 94.7 cm³/mol. The number of carbonyl (C=O) groups is 2. The molecule has 3 N–H and O–H groups in total. The van der Waals surface area contributed by atoms with E-state index in [-0.39, 0.29) is 12.6 Å². The molecule has 1 amide bonds. The Kier molecular flexibility index (Phi) is 4.69. The number of nitrogens with one attached hydrogen (secondary N) is 3. The molecule has 3 aliphatic rings. The number of alkyl halides is 3. The molecule has 0 aromatic heterocycles. The van der Waals surface area contributed by atoms with Crippen molar-refractivity contribution in [2.75, 3.05) is 23.4 Å². The van der Waals surface area contributed by atoms with Crippen LogP contribution in [0.5, 0.6) is 5.75 Å². The van der Waals surface area contributed by atoms with Gasteiger partial charge in [0.15, 0.2) is 6.17 Å². The third kappa shape index (κ3) is 3.53. The third-order valence-electron chi connectivity index (χ3n) is 5.26. The number of carbonyl (C=O) groups excluding carboxylic acids is 2. The lowest BCUT2D eigenvalue weighted by molar-refractivity contribution is -0.265. The molecule has 12 heteroatoms. The maximum absolute atomic E-state index is 12.6. The molecule has 1 aromatic rings. The molecule has 0 radical (unpaired) electrons. The van der Waals surface area contributed by atoms with Gasteiger partial charge in [0.2, 0.25) is 0 Å². The average molecular weight is 415 g/mol. The van der Waals surface area contributed by atoms with Crippen LogP contribution in [0.2, 0.25) is 0 Å². The molecule has 0 bridgehead atoms. The van der Waals surface area contributed by atoms with Gasteiger partial charge < -0.3 is 25.1 Å². The van der Waals surface area contributed by atoms with Crippen LogP contribution in [-0.4, -0.2) is 60.7 Å². The molecule has 2 saturated heterocycles. The summed E-state index contributed by atoms with van der Waals surface area (Å²) in [6.07, 6.45) is -6.16. The highest BCUT2D eigenvalue weighted by molar-refractivity contribution is 5.87. The van der Waals surface area contributed by atoms with E-state index < -0.39 is 30.3 Å². The summed E-state index contributed by atoms with van der Waals surface area (Å²) in [6, 6.07) is 5.15. The number of hydrogen-bond acceptors (Lipinski definition) is 8. The minimum atomic E-state index is -5.20. The van der Waals surface area contributed by atoms with E-state index >= 15 is 0 Å². The summed E-state index contributed by atoms with van der Waals surface area (Å²) in [5.74, 6) is -2.56. The predicted octanol–water partition coefficient (Wildman–Crippen LogP) is 0.739. The summed E-state index contributed by atoms with van der Waals surface area (Å²) in [4.78, 5) is 29.6. The molecule has 0 saturated carbocycles. The maximum atomic E-state index is 12.6. The van der Waals surface area contributed by atoms with E-state index in [1.165, 1.54) is 0 Å². The van der Waals surface area contributed by atoms with Crippen LogP contribution in [0, 0.1) is 0 Å². The molecule has 0 spiro atoms. The molecule has 3 heterocycles. The Hall–Kier alpha value is -2.73. The van der Waals surface area contributed by atoms with Crippen LogP contribution < -0.4 is 25.7 Å². The highest BCUT2D eigenvalue weighted by atomic mass is 19.4. The lowest BCUT2D eigenvalue weighted by Crippen LogP contribution is -2.70. The number of ether oxygens (including phenoxy) is 1. The van der Waals surface area contributed by atoms with E-state index in [4.69, 9.17) is 4.74 Å². The highest BCUT2D eigenvalue weighted by Crippen LogP contribution is 2.39. The number of halogens is 3. The summed E-state index contributed by atoms with van der Waals surface area (Å²) >= 11 is 0. The van der Waals surface area contributed by atoms with Crippen molar-refractivity contribution in [1.82, 2.24) is 15.9 Å². The Morgan fingerprint density at radius 3 is 2.72 bits per heavy atom. The van der Waals surface area contributed by atoms with Crippen molar-refractivity contribution in [2.45, 2.75) is 44.3 Å². The Morgan fingerprint density at radius 2 is 2.10 bits per heavy atom. The fourth-order valence-electron chi connectivity index (χ4n) is 3.47. The van der Waals surface area contributed by atoms with E-state index in [2.05, 4.69) is 20.9 Å². The molecular weight excluding hydrogens is 395 g/mol. The number of hydrazine groups is 1. The van der Waals surface area contributed by atoms with Crippen LogP contribution in [0.1, 0.15) is 13.8 Å². The zero-order chi connectivity index (χ0) is 20.9. The topological polar surface area (TPSA) is 95.2 Å². The van der Waals surface area contributed by atoms with Crippen LogP contribution in [0.15, 0.2) is 18.2 Å². The summed E-state index contributed by atoms with van der Waals surface area (Å²) in [5.41, 5.74) is 3.47. The Bertz CT molecular complexity index is 836. The Labute approximate surface area is 164 Å². The summed E-state index contributed by atoms with van der Waals surface area (Å²) in [7, 11) is 0. The second kappa shape index (κ2) is 6.95. The lowest BCUT2D eigenvalue weighted by atomic mass is 10.0. The molecule has 1 aromatic carbocycles. The smallest absolute Gasteiger partial charge is 0.488 e. The second-order valence-corrected chi connectivity index (χ2v) is 7.18. The van der Waals surface area contributed by atoms with Gasteiger partial charge in [0.05, 0.1) is 11.7 Å². The largest absolute Gasteiger partial charge is 0.492 e. The Balaban J connectivity index is 1.61. The number of rotatable bonds is 3. The van der Waals surface area contributed by atoms with E-state index in [9.17, 15) is 22.8 Å². The van der Waals surface area contributed by atoms with Gasteiger partial charge in [0.1, 0.15) is 18.4 Å². The number of amides is 1. The number of hydroxylamine groups is 1. The van der Waals surface area contributed by atoms with Gasteiger partial charge in [-0.05, 0) is 37.2 Å². The maximum Gasteiger partial charge on any atom is 0.492 e. The summed E-state index contributed by atoms with van der Waals surface area (Å²) in [6.45, 7) is 4.35. The number of fused-ring (bicyclic) bond motifs is 3. The average Bonchev–Trinajstić information content (AvgIpc) is 2.67. The second-order valence-electron chi connectivity index (χ2n) is 7.18. The third-order valence-corrected chi connectivity index (χ3v) is 5.26. The monoisotopic (exact) mass is 415 g/mol. The molecule has 2 fully saturated rings. The molecule has 158 valence electrons. The van der Waals surface area contributed by atoms with Crippen molar-refractivity contribution in [3.05, 3.63) is 18.2 Å². The molecule has 0 aliphatic carbocycles. The lowest BCUT2D eigenvalue weighted by Gasteiger charge is -2.48. The quantitative estimate of drug-likeness (QED) is 0.666. The van der Waals surface area contributed by atoms with Gasteiger partial charge in [-0.3, -0.25) is 10.2 Å². The molecule has 4 atom stereocenters. The fraction of sp³-hybridized carbons (Fsp3) is 0.529. The van der Waals surface area contributed by atoms with Gasteiger partial charge in [0.25, 0.3) is 5.91 Å². The minimum Gasteiger partial charge on any atom is -0.488 e. The van der Waals surface area contributed by atoms with Crippen LogP contribution in [0.3, 0.4) is 0 Å². The van der Waals surface area contributed by atoms with Gasteiger partial charge in [-0.1, -0.05) is 0 Å². The molecular formula is C17H20F3N5O4. The SMILES string of the molecule is CC1NCC1Nc1ccc2c(c1)N1C(C)C(=O)NN(OC(=O)C(F)(F)F)C1CO2. The number of hydrogen-bond donors (Lipinski definition) is 3. The van der Waals surface area contributed by atoms with Gasteiger partial charge in [-0.25, -0.2) is 4.79 Å². The van der Waals surface area contributed by atoms with E-state index in [0.717, 1.165) is 12.2 Å². The van der Waals surface area contributed by atoms with Crippen LogP contribution in [0.4, 0.5) is 24.5 Å². The first-order valence-corrected chi connectivity index (χ1v) is 9.09. The van der Waals surface area contributed by atoms with E-state index in [0.29, 0.717) is 22.7 Å². The van der Waals surface area contributed by atoms with Gasteiger partial charge in [-0.15, -0.1) is 0 Å². The van der Waals surface area contributed by atoms with Gasteiger partial charge in [0, 0.05) is 18.3 Å². The van der Waals surface area contributed by atoms with Crippen molar-refractivity contribution in [1.29, 1.82) is 0 Å². The molecule has 4 rings (SSSR count). The van der Waals surface area contributed by atoms with Crippen molar-refractivity contribution in [2.24, 2.45) is 0 Å². The first-order valence-electron chi connectivity index (χ1n) is 9.09. The first kappa shape index (κ1) is 19.6. The summed E-state index contributed by atoms with van der Waals surface area (Å²) in [5, 5.41) is 7.11. The van der Waals surface area contributed by atoms with E-state index in [1.807, 2.05) is 13.0 Å².